The van der Waals surface area contributed by atoms with E-state index in [-0.39, 0.29) is 43.6 Å². The molecule has 0 radical (unpaired) electrons. The third kappa shape index (κ3) is 7.02. The highest BCUT2D eigenvalue weighted by atomic mass is 35.5. The lowest BCUT2D eigenvalue weighted by molar-refractivity contribution is -0.0216. The molecule has 1 aliphatic rings. The summed E-state index contributed by atoms with van der Waals surface area (Å²) in [6.07, 6.45) is -0.363. The van der Waals surface area contributed by atoms with Crippen LogP contribution in [0.3, 0.4) is 0 Å². The first-order chi connectivity index (χ1) is 11.0. The number of ether oxygens (including phenoxy) is 1. The molecule has 0 bridgehead atoms. The Bertz CT molecular complexity index is 465. The minimum Gasteiger partial charge on any atom is -0.394 e. The summed E-state index contributed by atoms with van der Waals surface area (Å²) in [5.41, 5.74) is 1.28. The van der Waals surface area contributed by atoms with Crippen LogP contribution < -0.4 is 5.32 Å². The average Bonchev–Trinajstić information content (AvgIpc) is 2.87. The first kappa shape index (κ1) is 24.6. The van der Waals surface area contributed by atoms with Crippen molar-refractivity contribution in [3.63, 3.8) is 0 Å². The highest BCUT2D eigenvalue weighted by molar-refractivity contribution is 5.85. The SMILES string of the molecule is CC(C)NC[C@H]1O[C@@H](CO)[C@@H](O)[C@H]1N(C)CCc1ccccc1.Cl.Cl. The van der Waals surface area contributed by atoms with Crippen LogP contribution in [0.25, 0.3) is 0 Å². The monoisotopic (exact) mass is 394 g/mol. The van der Waals surface area contributed by atoms with Crippen molar-refractivity contribution in [1.82, 2.24) is 10.2 Å². The van der Waals surface area contributed by atoms with E-state index in [0.717, 1.165) is 13.0 Å². The summed E-state index contributed by atoms with van der Waals surface area (Å²) in [7, 11) is 2.02. The van der Waals surface area contributed by atoms with Crippen LogP contribution in [0.1, 0.15) is 19.4 Å². The third-order valence-corrected chi connectivity index (χ3v) is 4.47. The van der Waals surface area contributed by atoms with E-state index in [2.05, 4.69) is 36.2 Å². The van der Waals surface area contributed by atoms with Crippen molar-refractivity contribution in [3.05, 3.63) is 35.9 Å². The van der Waals surface area contributed by atoms with Crippen LogP contribution in [0.2, 0.25) is 0 Å². The Labute approximate surface area is 163 Å². The van der Waals surface area contributed by atoms with Gasteiger partial charge in [-0.1, -0.05) is 44.2 Å². The number of aliphatic hydroxyl groups excluding tert-OH is 2. The standard InChI is InChI=1S/C18H30N2O3.2ClH/c1-13(2)19-11-15-17(18(22)16(12-21)23-15)20(3)10-9-14-7-5-4-6-8-14;;/h4-8,13,15-19,21-22H,9-12H2,1-3H3;2*1H/t15-,16+,17+,18-;;/m1../s1. The molecule has 5 nitrogen and oxygen atoms in total. The van der Waals surface area contributed by atoms with Gasteiger partial charge in [0.2, 0.25) is 0 Å². The van der Waals surface area contributed by atoms with Gasteiger partial charge in [-0.25, -0.2) is 0 Å². The summed E-state index contributed by atoms with van der Waals surface area (Å²) < 4.78 is 5.85. The summed E-state index contributed by atoms with van der Waals surface area (Å²) in [6, 6.07) is 10.6. The van der Waals surface area contributed by atoms with Gasteiger partial charge in [-0.3, -0.25) is 4.90 Å². The Hall–Kier alpha value is -0.400. The van der Waals surface area contributed by atoms with E-state index in [1.54, 1.807) is 0 Å². The van der Waals surface area contributed by atoms with Gasteiger partial charge in [-0.2, -0.15) is 0 Å². The number of likely N-dealkylation sites (N-methyl/N-ethyl adjacent to an activating group) is 1. The number of halogens is 2. The molecule has 25 heavy (non-hydrogen) atoms. The fourth-order valence-electron chi connectivity index (χ4n) is 3.14. The van der Waals surface area contributed by atoms with Crippen molar-refractivity contribution in [3.8, 4) is 0 Å². The van der Waals surface area contributed by atoms with Crippen LogP contribution in [-0.2, 0) is 11.2 Å². The molecule has 1 fully saturated rings. The Morgan fingerprint density at radius 3 is 2.36 bits per heavy atom. The van der Waals surface area contributed by atoms with E-state index in [4.69, 9.17) is 4.74 Å². The maximum absolute atomic E-state index is 10.5. The molecule has 0 aromatic heterocycles. The lowest BCUT2D eigenvalue weighted by Crippen LogP contribution is -2.50. The first-order valence-electron chi connectivity index (χ1n) is 8.45. The van der Waals surface area contributed by atoms with Crippen LogP contribution in [0.15, 0.2) is 30.3 Å². The number of nitrogens with one attached hydrogen (secondary N) is 1. The van der Waals surface area contributed by atoms with Crippen LogP contribution in [0, 0.1) is 0 Å². The van der Waals surface area contributed by atoms with E-state index in [1.807, 2.05) is 25.2 Å². The van der Waals surface area contributed by atoms with E-state index >= 15 is 0 Å². The maximum Gasteiger partial charge on any atom is 0.109 e. The highest BCUT2D eigenvalue weighted by Crippen LogP contribution is 2.25. The summed E-state index contributed by atoms with van der Waals surface area (Å²) in [5, 5.41) is 23.3. The molecule has 7 heteroatoms. The van der Waals surface area contributed by atoms with Crippen molar-refractivity contribution in [2.75, 3.05) is 26.7 Å². The molecule has 0 amide bonds. The second kappa shape index (κ2) is 12.1. The topological polar surface area (TPSA) is 65.0 Å². The molecule has 146 valence electrons. The van der Waals surface area contributed by atoms with E-state index < -0.39 is 12.2 Å². The number of nitrogens with zero attached hydrogens (tertiary/aromatic N) is 1. The van der Waals surface area contributed by atoms with Gasteiger partial charge in [0.1, 0.15) is 12.2 Å². The zero-order valence-corrected chi connectivity index (χ0v) is 16.8. The van der Waals surface area contributed by atoms with Gasteiger partial charge >= 0.3 is 0 Å². The van der Waals surface area contributed by atoms with Gasteiger partial charge in [0.05, 0.1) is 18.8 Å². The largest absolute Gasteiger partial charge is 0.394 e. The van der Waals surface area contributed by atoms with Gasteiger partial charge in [-0.15, -0.1) is 24.8 Å². The summed E-state index contributed by atoms with van der Waals surface area (Å²) in [6.45, 7) is 5.53. The quantitative estimate of drug-likeness (QED) is 0.623. The van der Waals surface area contributed by atoms with E-state index in [9.17, 15) is 10.2 Å². The molecule has 0 aliphatic carbocycles. The van der Waals surface area contributed by atoms with Crippen molar-refractivity contribution in [2.45, 2.75) is 50.7 Å². The molecule has 0 unspecified atom stereocenters. The Morgan fingerprint density at radius 1 is 1.16 bits per heavy atom. The smallest absolute Gasteiger partial charge is 0.109 e. The fraction of sp³-hybridized carbons (Fsp3) is 0.667. The fourth-order valence-corrected chi connectivity index (χ4v) is 3.14. The predicted molar refractivity (Wildman–Crippen MR) is 106 cm³/mol. The highest BCUT2D eigenvalue weighted by Gasteiger charge is 2.44. The van der Waals surface area contributed by atoms with Gasteiger partial charge in [0.25, 0.3) is 0 Å². The van der Waals surface area contributed by atoms with Gasteiger partial charge in [0, 0.05) is 19.1 Å². The van der Waals surface area contributed by atoms with Crippen molar-refractivity contribution in [2.24, 2.45) is 0 Å². The molecular weight excluding hydrogens is 363 g/mol. The maximum atomic E-state index is 10.5. The Morgan fingerprint density at radius 2 is 1.80 bits per heavy atom. The number of rotatable bonds is 8. The molecule has 1 saturated heterocycles. The number of hydrogen-bond donors (Lipinski definition) is 3. The third-order valence-electron chi connectivity index (χ3n) is 4.47. The number of aliphatic hydroxyl groups is 2. The summed E-state index contributed by atoms with van der Waals surface area (Å²) in [4.78, 5) is 2.15. The molecule has 1 aromatic carbocycles. The molecule has 0 saturated carbocycles. The lowest BCUT2D eigenvalue weighted by atomic mass is 10.0. The molecule has 1 heterocycles. The second-order valence-corrected chi connectivity index (χ2v) is 6.66. The summed E-state index contributed by atoms with van der Waals surface area (Å²) >= 11 is 0. The summed E-state index contributed by atoms with van der Waals surface area (Å²) in [5.74, 6) is 0. The van der Waals surface area contributed by atoms with E-state index in [1.165, 1.54) is 5.56 Å². The molecule has 3 N–H and O–H groups in total. The molecule has 1 aromatic rings. The first-order valence-corrected chi connectivity index (χ1v) is 8.45. The number of benzene rings is 1. The molecular formula is C18H32Cl2N2O3. The average molecular weight is 395 g/mol. The molecule has 4 atom stereocenters. The Kier molecular flexibility index (Phi) is 11.9. The van der Waals surface area contributed by atoms with Crippen LogP contribution >= 0.6 is 24.8 Å². The molecule has 1 aliphatic heterocycles. The van der Waals surface area contributed by atoms with Crippen molar-refractivity contribution >= 4 is 24.8 Å². The molecule has 2 rings (SSSR count). The van der Waals surface area contributed by atoms with Crippen molar-refractivity contribution < 1.29 is 14.9 Å². The van der Waals surface area contributed by atoms with Crippen LogP contribution in [0.4, 0.5) is 0 Å². The van der Waals surface area contributed by atoms with Crippen LogP contribution in [0.5, 0.6) is 0 Å². The second-order valence-electron chi connectivity index (χ2n) is 6.66. The van der Waals surface area contributed by atoms with Gasteiger partial charge in [0.15, 0.2) is 0 Å². The lowest BCUT2D eigenvalue weighted by Gasteiger charge is -2.31. The number of hydrogen-bond acceptors (Lipinski definition) is 5. The van der Waals surface area contributed by atoms with E-state index in [0.29, 0.717) is 12.6 Å². The molecule has 0 spiro atoms. The van der Waals surface area contributed by atoms with Gasteiger partial charge < -0.3 is 20.3 Å². The minimum absolute atomic E-state index is 0. The van der Waals surface area contributed by atoms with Gasteiger partial charge in [-0.05, 0) is 19.0 Å². The predicted octanol–water partition coefficient (Wildman–Crippen LogP) is 1.49. The normalized spacial score (nSPS) is 25.7. The Balaban J connectivity index is 0.00000288. The van der Waals surface area contributed by atoms with Crippen molar-refractivity contribution in [1.29, 1.82) is 0 Å². The zero-order chi connectivity index (χ0) is 16.8. The van der Waals surface area contributed by atoms with Crippen LogP contribution in [-0.4, -0.2) is 72.3 Å². The zero-order valence-electron chi connectivity index (χ0n) is 15.2. The minimum atomic E-state index is -0.667.